The molecular formula is C23H24FN3O3. The fourth-order valence-corrected chi connectivity index (χ4v) is 3.95. The lowest BCUT2D eigenvalue weighted by atomic mass is 9.92. The van der Waals surface area contributed by atoms with E-state index < -0.39 is 5.82 Å². The van der Waals surface area contributed by atoms with Crippen LogP contribution in [-0.4, -0.2) is 29.9 Å². The van der Waals surface area contributed by atoms with Gasteiger partial charge in [0.05, 0.1) is 33.0 Å². The van der Waals surface area contributed by atoms with E-state index in [2.05, 4.69) is 10.4 Å². The fraction of sp³-hybridized carbons (Fsp3) is 0.304. The van der Waals surface area contributed by atoms with Crippen molar-refractivity contribution in [3.63, 3.8) is 0 Å². The van der Waals surface area contributed by atoms with E-state index in [4.69, 9.17) is 9.47 Å². The number of halogens is 1. The van der Waals surface area contributed by atoms with Crippen LogP contribution in [0.2, 0.25) is 0 Å². The van der Waals surface area contributed by atoms with Crippen LogP contribution in [0.5, 0.6) is 11.5 Å². The minimum atomic E-state index is -0.556. The van der Waals surface area contributed by atoms with E-state index in [-0.39, 0.29) is 23.3 Å². The second kappa shape index (κ2) is 8.57. The summed E-state index contributed by atoms with van der Waals surface area (Å²) in [4.78, 5) is 12.7. The third-order valence-corrected chi connectivity index (χ3v) is 5.49. The molecule has 0 radical (unpaired) electrons. The summed E-state index contributed by atoms with van der Waals surface area (Å²) in [7, 11) is 3.05. The normalized spacial score (nSPS) is 15.4. The number of amides is 1. The summed E-state index contributed by atoms with van der Waals surface area (Å²) in [5.74, 6) is 0.0686. The first-order valence-electron chi connectivity index (χ1n) is 9.91. The van der Waals surface area contributed by atoms with Gasteiger partial charge in [0.25, 0.3) is 5.91 Å². The van der Waals surface area contributed by atoms with Crippen molar-refractivity contribution >= 4 is 5.91 Å². The third-order valence-electron chi connectivity index (χ3n) is 5.49. The second-order valence-electron chi connectivity index (χ2n) is 7.28. The van der Waals surface area contributed by atoms with Crippen LogP contribution in [0.4, 0.5) is 4.39 Å². The molecule has 2 aromatic carbocycles. The molecule has 6 nitrogen and oxygen atoms in total. The van der Waals surface area contributed by atoms with Crippen LogP contribution in [-0.2, 0) is 13.0 Å². The van der Waals surface area contributed by atoms with Gasteiger partial charge in [-0.25, -0.2) is 4.39 Å². The Morgan fingerprint density at radius 1 is 1.20 bits per heavy atom. The number of fused-ring (bicyclic) bond motifs is 1. The van der Waals surface area contributed by atoms with Crippen molar-refractivity contribution in [1.82, 2.24) is 15.1 Å². The fourth-order valence-electron chi connectivity index (χ4n) is 3.95. The Morgan fingerprint density at radius 3 is 2.77 bits per heavy atom. The summed E-state index contributed by atoms with van der Waals surface area (Å²) in [5, 5.41) is 7.60. The van der Waals surface area contributed by atoms with Crippen molar-refractivity contribution in [3.8, 4) is 11.5 Å². The van der Waals surface area contributed by atoms with Crippen molar-refractivity contribution in [2.24, 2.45) is 0 Å². The van der Waals surface area contributed by atoms with Crippen molar-refractivity contribution in [2.45, 2.75) is 31.8 Å². The zero-order valence-electron chi connectivity index (χ0n) is 17.0. The van der Waals surface area contributed by atoms with Gasteiger partial charge in [0.1, 0.15) is 5.75 Å². The lowest BCUT2D eigenvalue weighted by Crippen LogP contribution is -2.31. The Labute approximate surface area is 174 Å². The molecule has 0 spiro atoms. The molecule has 1 N–H and O–H groups in total. The van der Waals surface area contributed by atoms with E-state index in [1.165, 1.54) is 19.2 Å². The summed E-state index contributed by atoms with van der Waals surface area (Å²) in [5.41, 5.74) is 3.43. The average molecular weight is 409 g/mol. The molecule has 4 rings (SSSR count). The van der Waals surface area contributed by atoms with Crippen LogP contribution >= 0.6 is 0 Å². The van der Waals surface area contributed by atoms with Gasteiger partial charge in [0, 0.05) is 22.4 Å². The number of para-hydroxylation sites is 1. The molecule has 1 aliphatic carbocycles. The summed E-state index contributed by atoms with van der Waals surface area (Å²) in [6, 6.07) is 11.9. The zero-order valence-corrected chi connectivity index (χ0v) is 17.0. The molecule has 0 fully saturated rings. The van der Waals surface area contributed by atoms with Crippen LogP contribution in [0.3, 0.4) is 0 Å². The maximum Gasteiger partial charge on any atom is 0.251 e. The minimum absolute atomic E-state index is 0.115. The lowest BCUT2D eigenvalue weighted by Gasteiger charge is -2.24. The highest BCUT2D eigenvalue weighted by molar-refractivity contribution is 5.94. The van der Waals surface area contributed by atoms with Gasteiger partial charge in [-0.2, -0.15) is 5.10 Å². The van der Waals surface area contributed by atoms with E-state index in [1.54, 1.807) is 13.2 Å². The summed E-state index contributed by atoms with van der Waals surface area (Å²) < 4.78 is 26.3. The van der Waals surface area contributed by atoms with E-state index in [0.29, 0.717) is 6.54 Å². The number of carbonyl (C=O) groups is 1. The highest BCUT2D eigenvalue weighted by Gasteiger charge is 2.26. The number of hydrogen-bond donors (Lipinski definition) is 1. The quantitative estimate of drug-likeness (QED) is 0.671. The maximum atomic E-state index is 14.0. The number of ether oxygens (including phenoxy) is 2. The molecule has 7 heteroatoms. The average Bonchev–Trinajstić information content (AvgIpc) is 3.18. The third kappa shape index (κ3) is 3.87. The minimum Gasteiger partial charge on any atom is -0.496 e. The molecule has 0 saturated heterocycles. The SMILES string of the molecule is COc1ccc(C(=O)N[C@@H]2CCCc3c2cnn3Cc2ccccc2OC)cc1F. The molecule has 156 valence electrons. The monoisotopic (exact) mass is 409 g/mol. The molecule has 1 amide bonds. The van der Waals surface area contributed by atoms with E-state index in [1.807, 2.05) is 35.1 Å². The Hall–Kier alpha value is -3.35. The van der Waals surface area contributed by atoms with Crippen molar-refractivity contribution in [1.29, 1.82) is 0 Å². The van der Waals surface area contributed by atoms with Gasteiger partial charge >= 0.3 is 0 Å². The predicted octanol–water partition coefficient (Wildman–Crippen LogP) is 3.90. The molecule has 1 aliphatic rings. The van der Waals surface area contributed by atoms with Crippen LogP contribution in [0.15, 0.2) is 48.7 Å². The van der Waals surface area contributed by atoms with Gasteiger partial charge in [-0.05, 0) is 43.5 Å². The van der Waals surface area contributed by atoms with Crippen molar-refractivity contribution < 1.29 is 18.7 Å². The first-order chi connectivity index (χ1) is 14.6. The Bertz CT molecular complexity index is 1060. The van der Waals surface area contributed by atoms with Crippen LogP contribution < -0.4 is 14.8 Å². The van der Waals surface area contributed by atoms with Crippen LogP contribution in [0, 0.1) is 5.82 Å². The highest BCUT2D eigenvalue weighted by atomic mass is 19.1. The number of methoxy groups -OCH3 is 2. The van der Waals surface area contributed by atoms with Crippen molar-refractivity contribution in [2.75, 3.05) is 14.2 Å². The molecule has 0 aliphatic heterocycles. The number of rotatable bonds is 6. The molecular weight excluding hydrogens is 385 g/mol. The Morgan fingerprint density at radius 2 is 2.00 bits per heavy atom. The first kappa shape index (κ1) is 19.9. The maximum absolute atomic E-state index is 14.0. The van der Waals surface area contributed by atoms with E-state index in [0.717, 1.165) is 41.8 Å². The summed E-state index contributed by atoms with van der Waals surface area (Å²) in [6.45, 7) is 0.601. The van der Waals surface area contributed by atoms with Gasteiger partial charge in [-0.15, -0.1) is 0 Å². The largest absolute Gasteiger partial charge is 0.496 e. The van der Waals surface area contributed by atoms with Gasteiger partial charge in [0.2, 0.25) is 0 Å². The number of aromatic nitrogens is 2. The number of nitrogens with zero attached hydrogens (tertiary/aromatic N) is 2. The smallest absolute Gasteiger partial charge is 0.251 e. The summed E-state index contributed by atoms with van der Waals surface area (Å²) >= 11 is 0. The van der Waals surface area contributed by atoms with Gasteiger partial charge in [-0.1, -0.05) is 18.2 Å². The van der Waals surface area contributed by atoms with Crippen LogP contribution in [0.25, 0.3) is 0 Å². The van der Waals surface area contributed by atoms with Gasteiger partial charge < -0.3 is 14.8 Å². The number of carbonyl (C=O) groups excluding carboxylic acids is 1. The molecule has 0 unspecified atom stereocenters. The predicted molar refractivity (Wildman–Crippen MR) is 110 cm³/mol. The molecule has 1 aromatic heterocycles. The Kier molecular flexibility index (Phi) is 5.70. The van der Waals surface area contributed by atoms with Crippen molar-refractivity contribution in [3.05, 3.63) is 76.9 Å². The molecule has 1 atom stereocenters. The lowest BCUT2D eigenvalue weighted by molar-refractivity contribution is 0.0932. The van der Waals surface area contributed by atoms with Gasteiger partial charge in [-0.3, -0.25) is 9.48 Å². The van der Waals surface area contributed by atoms with E-state index in [9.17, 15) is 9.18 Å². The molecule has 3 aromatic rings. The van der Waals surface area contributed by atoms with Crippen LogP contribution in [0.1, 0.15) is 46.1 Å². The van der Waals surface area contributed by atoms with E-state index >= 15 is 0 Å². The zero-order chi connectivity index (χ0) is 21.1. The molecule has 30 heavy (non-hydrogen) atoms. The number of benzene rings is 2. The molecule has 0 saturated carbocycles. The molecule has 0 bridgehead atoms. The molecule has 1 heterocycles. The number of hydrogen-bond acceptors (Lipinski definition) is 4. The summed E-state index contributed by atoms with van der Waals surface area (Å²) in [6.07, 6.45) is 4.47. The standard InChI is InChI=1S/C23H24FN3O3/c1-29-21-9-4-3-6-16(21)14-27-20-8-5-7-19(17(20)13-25-27)26-23(28)15-10-11-22(30-2)18(24)12-15/h3-4,6,9-13,19H,5,7-8,14H2,1-2H3,(H,26,28)/t19-/m1/s1. The number of nitrogens with one attached hydrogen (secondary N) is 1. The Balaban J connectivity index is 1.53. The second-order valence-corrected chi connectivity index (χ2v) is 7.28. The highest BCUT2D eigenvalue weighted by Crippen LogP contribution is 2.31. The topological polar surface area (TPSA) is 65.4 Å². The van der Waals surface area contributed by atoms with Gasteiger partial charge in [0.15, 0.2) is 11.6 Å². The first-order valence-corrected chi connectivity index (χ1v) is 9.91.